The van der Waals surface area contributed by atoms with Gasteiger partial charge in [-0.2, -0.15) is 13.2 Å². The van der Waals surface area contributed by atoms with Crippen molar-refractivity contribution in [2.24, 2.45) is 5.92 Å². The second-order valence-corrected chi connectivity index (χ2v) is 12.5. The number of anilines is 1. The molecule has 0 aliphatic carbocycles. The second kappa shape index (κ2) is 14.8. The van der Waals surface area contributed by atoms with Crippen LogP contribution in [0.5, 0.6) is 5.75 Å². The average Bonchev–Trinajstić information content (AvgIpc) is 3.44. The van der Waals surface area contributed by atoms with Crippen molar-refractivity contribution in [1.82, 2.24) is 24.7 Å². The lowest BCUT2D eigenvalue weighted by Gasteiger charge is -2.42. The molecule has 0 spiro atoms. The van der Waals surface area contributed by atoms with Crippen molar-refractivity contribution in [3.8, 4) is 17.6 Å². The molecule has 10 nitrogen and oxygen atoms in total. The summed E-state index contributed by atoms with van der Waals surface area (Å²) >= 11 is 0. The predicted molar refractivity (Wildman–Crippen MR) is 173 cm³/mol. The molecule has 2 fully saturated rings. The number of piperidine rings is 1. The summed E-state index contributed by atoms with van der Waals surface area (Å²) in [5.74, 6) is 4.45. The average molecular weight is 673 g/mol. The van der Waals surface area contributed by atoms with Crippen molar-refractivity contribution in [3.05, 3.63) is 53.1 Å². The Morgan fingerprint density at radius 2 is 1.88 bits per heavy atom. The standard InChI is InChI=1S/C34H40F4N6O4/c1-21-18-43(23-8-12-48-13-9-23)11-7-27(21)41-32(45)25-14-22(15-29-31(25)40-20-44(29)19-34(36,37)38)6-5-10-39-28-16-24(33(46)42(2)3)26(35)17-30(28)47-4/h14-17,20-21,23,27,39H,7-13,18-19H2,1-4H3,(H,41,45)/t21-,27-/m0/s1. The first-order valence-corrected chi connectivity index (χ1v) is 15.8. The number of likely N-dealkylation sites (tertiary alicyclic amines) is 1. The monoisotopic (exact) mass is 672 g/mol. The summed E-state index contributed by atoms with van der Waals surface area (Å²) < 4.78 is 66.5. The predicted octanol–water partition coefficient (Wildman–Crippen LogP) is 4.53. The molecule has 3 aromatic rings. The summed E-state index contributed by atoms with van der Waals surface area (Å²) in [5, 5.41) is 6.12. The van der Waals surface area contributed by atoms with Crippen LogP contribution in [0.1, 0.15) is 52.5 Å². The van der Waals surface area contributed by atoms with E-state index in [2.05, 4.69) is 39.3 Å². The number of hydrogen-bond donors (Lipinski definition) is 2. The summed E-state index contributed by atoms with van der Waals surface area (Å²) in [4.78, 5) is 34.0. The fraction of sp³-hybridized carbons (Fsp3) is 0.500. The SMILES string of the molecule is COc1cc(F)c(C(=O)N(C)C)cc1NCC#Cc1cc(C(=O)N[C@H]2CCN(C3CCOCC3)C[C@@H]2C)c2ncn(CC(F)(F)F)c2c1. The van der Waals surface area contributed by atoms with Crippen LogP contribution in [0.4, 0.5) is 23.2 Å². The van der Waals surface area contributed by atoms with Crippen LogP contribution in [0.25, 0.3) is 11.0 Å². The number of imidazole rings is 1. The van der Waals surface area contributed by atoms with Gasteiger partial charge >= 0.3 is 6.18 Å². The number of benzene rings is 2. The van der Waals surface area contributed by atoms with Crippen LogP contribution >= 0.6 is 0 Å². The molecule has 258 valence electrons. The fourth-order valence-corrected chi connectivity index (χ4v) is 6.30. The van der Waals surface area contributed by atoms with Crippen molar-refractivity contribution in [2.75, 3.05) is 59.4 Å². The van der Waals surface area contributed by atoms with Gasteiger partial charge in [-0.15, -0.1) is 0 Å². The summed E-state index contributed by atoms with van der Waals surface area (Å²) in [6.07, 6.45) is -0.705. The number of carbonyl (C=O) groups excluding carboxylic acids is 2. The van der Waals surface area contributed by atoms with Gasteiger partial charge in [-0.1, -0.05) is 18.8 Å². The van der Waals surface area contributed by atoms with Crippen LogP contribution in [-0.2, 0) is 11.3 Å². The molecule has 0 unspecified atom stereocenters. The Morgan fingerprint density at radius 1 is 1.12 bits per heavy atom. The number of amides is 2. The Labute approximate surface area is 276 Å². The van der Waals surface area contributed by atoms with E-state index < -0.39 is 30.4 Å². The van der Waals surface area contributed by atoms with Crippen molar-refractivity contribution in [2.45, 2.75) is 51.0 Å². The number of methoxy groups -OCH3 is 1. The van der Waals surface area contributed by atoms with Crippen LogP contribution in [0.3, 0.4) is 0 Å². The minimum Gasteiger partial charge on any atom is -0.494 e. The molecule has 2 amide bonds. The zero-order chi connectivity index (χ0) is 34.6. The summed E-state index contributed by atoms with van der Waals surface area (Å²) in [7, 11) is 4.38. The molecule has 2 aliphatic rings. The van der Waals surface area contributed by atoms with E-state index in [1.54, 1.807) is 0 Å². The first kappa shape index (κ1) is 35.0. The first-order valence-electron chi connectivity index (χ1n) is 15.8. The van der Waals surface area contributed by atoms with Gasteiger partial charge in [0.25, 0.3) is 11.8 Å². The molecule has 2 N–H and O–H groups in total. The third-order valence-electron chi connectivity index (χ3n) is 8.81. The Hall–Kier alpha value is -4.35. The summed E-state index contributed by atoms with van der Waals surface area (Å²) in [5.41, 5.74) is 0.911. The number of carbonyl (C=O) groups is 2. The van der Waals surface area contributed by atoms with E-state index in [9.17, 15) is 27.2 Å². The molecular formula is C34H40F4N6O4. The third-order valence-corrected chi connectivity index (χ3v) is 8.81. The van der Waals surface area contributed by atoms with Crippen molar-refractivity contribution >= 4 is 28.5 Å². The quantitative estimate of drug-likeness (QED) is 0.268. The number of hydrogen-bond acceptors (Lipinski definition) is 7. The maximum absolute atomic E-state index is 14.5. The van der Waals surface area contributed by atoms with Gasteiger partial charge in [0, 0.05) is 64.1 Å². The fourth-order valence-electron chi connectivity index (χ4n) is 6.30. The molecule has 0 bridgehead atoms. The van der Waals surface area contributed by atoms with Gasteiger partial charge in [0.05, 0.1) is 42.3 Å². The maximum atomic E-state index is 14.5. The summed E-state index contributed by atoms with van der Waals surface area (Å²) in [6, 6.07) is 5.78. The molecular weight excluding hydrogens is 632 g/mol. The highest BCUT2D eigenvalue weighted by atomic mass is 19.4. The molecule has 2 atom stereocenters. The molecule has 5 rings (SSSR count). The van der Waals surface area contributed by atoms with E-state index >= 15 is 0 Å². The van der Waals surface area contributed by atoms with Crippen LogP contribution in [0.2, 0.25) is 0 Å². The summed E-state index contributed by atoms with van der Waals surface area (Å²) in [6.45, 7) is 3.99. The number of fused-ring (bicyclic) bond motifs is 1. The van der Waals surface area contributed by atoms with E-state index in [0.29, 0.717) is 17.3 Å². The zero-order valence-electron chi connectivity index (χ0n) is 27.4. The molecule has 2 aliphatic heterocycles. The number of nitrogens with zero attached hydrogens (tertiary/aromatic N) is 4. The number of alkyl halides is 3. The number of aromatic nitrogens is 2. The van der Waals surface area contributed by atoms with Crippen LogP contribution < -0.4 is 15.4 Å². The van der Waals surface area contributed by atoms with E-state index in [-0.39, 0.29) is 46.4 Å². The highest BCUT2D eigenvalue weighted by Crippen LogP contribution is 2.29. The highest BCUT2D eigenvalue weighted by molar-refractivity contribution is 6.05. The Balaban J connectivity index is 1.37. The minimum absolute atomic E-state index is 0.0160. The Bertz CT molecular complexity index is 1710. The third kappa shape index (κ3) is 8.19. The van der Waals surface area contributed by atoms with Gasteiger partial charge in [-0.3, -0.25) is 14.5 Å². The molecule has 0 saturated carbocycles. The van der Waals surface area contributed by atoms with Crippen molar-refractivity contribution in [1.29, 1.82) is 0 Å². The Morgan fingerprint density at radius 3 is 2.54 bits per heavy atom. The van der Waals surface area contributed by atoms with Crippen LogP contribution in [0.15, 0.2) is 30.6 Å². The van der Waals surface area contributed by atoms with Crippen molar-refractivity contribution in [3.63, 3.8) is 0 Å². The number of ether oxygens (including phenoxy) is 2. The molecule has 0 radical (unpaired) electrons. The minimum atomic E-state index is -4.50. The number of halogens is 4. The van der Waals surface area contributed by atoms with Gasteiger partial charge in [-0.25, -0.2) is 9.37 Å². The van der Waals surface area contributed by atoms with Gasteiger partial charge < -0.3 is 29.6 Å². The lowest BCUT2D eigenvalue weighted by atomic mass is 9.91. The van der Waals surface area contributed by atoms with Gasteiger partial charge in [0.2, 0.25) is 0 Å². The molecule has 2 saturated heterocycles. The van der Waals surface area contributed by atoms with Gasteiger partial charge in [0.15, 0.2) is 0 Å². The molecule has 1 aromatic heterocycles. The topological polar surface area (TPSA) is 101 Å². The van der Waals surface area contributed by atoms with Crippen LogP contribution in [-0.4, -0.2) is 103 Å². The van der Waals surface area contributed by atoms with Crippen molar-refractivity contribution < 1.29 is 36.6 Å². The largest absolute Gasteiger partial charge is 0.494 e. The molecule has 48 heavy (non-hydrogen) atoms. The second-order valence-electron chi connectivity index (χ2n) is 12.5. The van der Waals surface area contributed by atoms with E-state index in [0.717, 1.165) is 62.5 Å². The number of rotatable bonds is 8. The molecule has 14 heteroatoms. The lowest BCUT2D eigenvalue weighted by Crippen LogP contribution is -2.53. The Kier molecular flexibility index (Phi) is 10.8. The zero-order valence-corrected chi connectivity index (χ0v) is 27.4. The molecule has 2 aromatic carbocycles. The highest BCUT2D eigenvalue weighted by Gasteiger charge is 2.33. The van der Waals surface area contributed by atoms with Gasteiger partial charge in [-0.05, 0) is 43.4 Å². The van der Waals surface area contributed by atoms with E-state index in [1.165, 1.54) is 44.3 Å². The first-order chi connectivity index (χ1) is 22.8. The molecule has 3 heterocycles. The van der Waals surface area contributed by atoms with E-state index in [4.69, 9.17) is 9.47 Å². The maximum Gasteiger partial charge on any atom is 0.406 e. The number of nitrogens with one attached hydrogen (secondary N) is 2. The normalized spacial score (nSPS) is 19.0. The van der Waals surface area contributed by atoms with E-state index in [1.807, 2.05) is 0 Å². The van der Waals surface area contributed by atoms with Gasteiger partial charge in [0.1, 0.15) is 23.6 Å². The smallest absolute Gasteiger partial charge is 0.406 e. The van der Waals surface area contributed by atoms with Crippen LogP contribution in [0, 0.1) is 23.6 Å². The lowest BCUT2D eigenvalue weighted by molar-refractivity contribution is -0.140.